The van der Waals surface area contributed by atoms with Crippen molar-refractivity contribution in [3.05, 3.63) is 77.8 Å². The molecule has 0 aliphatic carbocycles. The van der Waals surface area contributed by atoms with Gasteiger partial charge in [0.05, 0.1) is 0 Å². The number of halogens is 1. The van der Waals surface area contributed by atoms with E-state index in [9.17, 15) is 9.18 Å². The van der Waals surface area contributed by atoms with Crippen LogP contribution in [0, 0.1) is 12.7 Å². The molecule has 0 spiro atoms. The van der Waals surface area contributed by atoms with Crippen LogP contribution < -0.4 is 16.0 Å². The molecule has 2 aromatic rings. The molecule has 4 nitrogen and oxygen atoms in total. The molecule has 0 saturated carbocycles. The Labute approximate surface area is 147 Å². The highest BCUT2D eigenvalue weighted by Crippen LogP contribution is 2.30. The average Bonchev–Trinajstić information content (AvgIpc) is 2.89. The Bertz CT molecular complexity index is 786. The Hall–Kier alpha value is -2.66. The first-order valence-electron chi connectivity index (χ1n) is 8.25. The average molecular weight is 339 g/mol. The van der Waals surface area contributed by atoms with Gasteiger partial charge < -0.3 is 16.0 Å². The maximum Gasteiger partial charge on any atom is 0.253 e. The van der Waals surface area contributed by atoms with Crippen molar-refractivity contribution in [1.29, 1.82) is 0 Å². The molecule has 2 aromatic carbocycles. The Morgan fingerprint density at radius 3 is 2.72 bits per heavy atom. The van der Waals surface area contributed by atoms with Gasteiger partial charge in [0.2, 0.25) is 0 Å². The smallest absolute Gasteiger partial charge is 0.253 e. The number of nitrogens with one attached hydrogen (secondary N) is 1. The molecule has 25 heavy (non-hydrogen) atoms. The highest BCUT2D eigenvalue weighted by atomic mass is 19.1. The number of carbonyl (C=O) groups is 1. The Morgan fingerprint density at radius 2 is 2.04 bits per heavy atom. The van der Waals surface area contributed by atoms with E-state index >= 15 is 0 Å². The SMILES string of the molecule is C=C(NCc1cc(C)cc(F)c1)C1(N)CCN(c2ccccc2)C1=O. The molecule has 1 amide bonds. The van der Waals surface area contributed by atoms with Crippen LogP contribution in [-0.2, 0) is 11.3 Å². The van der Waals surface area contributed by atoms with Crippen LogP contribution in [0.3, 0.4) is 0 Å². The largest absolute Gasteiger partial charge is 0.383 e. The number of benzene rings is 2. The quantitative estimate of drug-likeness (QED) is 0.881. The van der Waals surface area contributed by atoms with E-state index in [1.807, 2.05) is 43.3 Å². The fourth-order valence-corrected chi connectivity index (χ4v) is 3.15. The zero-order valence-corrected chi connectivity index (χ0v) is 14.3. The normalized spacial score (nSPS) is 20.0. The van der Waals surface area contributed by atoms with Crippen molar-refractivity contribution < 1.29 is 9.18 Å². The molecule has 1 fully saturated rings. The van der Waals surface area contributed by atoms with Gasteiger partial charge in [-0.3, -0.25) is 4.79 Å². The first kappa shape index (κ1) is 17.2. The molecule has 0 aromatic heterocycles. The molecule has 0 radical (unpaired) electrons. The molecule has 3 N–H and O–H groups in total. The van der Waals surface area contributed by atoms with Crippen molar-refractivity contribution in [3.63, 3.8) is 0 Å². The number of para-hydroxylation sites is 1. The lowest BCUT2D eigenvalue weighted by Crippen LogP contribution is -2.52. The number of hydrogen-bond acceptors (Lipinski definition) is 3. The summed E-state index contributed by atoms with van der Waals surface area (Å²) in [6.07, 6.45) is 0.481. The predicted molar refractivity (Wildman–Crippen MR) is 97.4 cm³/mol. The molecule has 130 valence electrons. The minimum Gasteiger partial charge on any atom is -0.383 e. The van der Waals surface area contributed by atoms with Gasteiger partial charge in [-0.25, -0.2) is 4.39 Å². The molecule has 0 bridgehead atoms. The van der Waals surface area contributed by atoms with Crippen molar-refractivity contribution in [2.75, 3.05) is 11.4 Å². The van der Waals surface area contributed by atoms with Crippen LogP contribution in [0.25, 0.3) is 0 Å². The lowest BCUT2D eigenvalue weighted by molar-refractivity contribution is -0.120. The van der Waals surface area contributed by atoms with Crippen LogP contribution in [0.2, 0.25) is 0 Å². The lowest BCUT2D eigenvalue weighted by Gasteiger charge is -2.26. The molecule has 1 unspecified atom stereocenters. The Morgan fingerprint density at radius 1 is 1.32 bits per heavy atom. The van der Waals surface area contributed by atoms with E-state index in [0.29, 0.717) is 25.2 Å². The summed E-state index contributed by atoms with van der Waals surface area (Å²) in [6.45, 7) is 6.72. The van der Waals surface area contributed by atoms with Gasteiger partial charge in [0.25, 0.3) is 5.91 Å². The number of carbonyl (C=O) groups excluding carboxylic acids is 1. The number of aryl methyl sites for hydroxylation is 1. The minimum atomic E-state index is -1.15. The third-order valence-electron chi connectivity index (χ3n) is 4.57. The highest BCUT2D eigenvalue weighted by molar-refractivity contribution is 6.04. The van der Waals surface area contributed by atoms with Gasteiger partial charge in [-0.1, -0.05) is 30.8 Å². The van der Waals surface area contributed by atoms with Crippen LogP contribution in [0.5, 0.6) is 0 Å². The van der Waals surface area contributed by atoms with Crippen molar-refractivity contribution in [1.82, 2.24) is 5.32 Å². The van der Waals surface area contributed by atoms with Crippen molar-refractivity contribution in [3.8, 4) is 0 Å². The maximum absolute atomic E-state index is 13.5. The Kier molecular flexibility index (Phi) is 4.59. The van der Waals surface area contributed by atoms with Gasteiger partial charge in [-0.15, -0.1) is 0 Å². The Balaban J connectivity index is 1.70. The summed E-state index contributed by atoms with van der Waals surface area (Å²) in [5, 5.41) is 3.10. The van der Waals surface area contributed by atoms with E-state index < -0.39 is 5.54 Å². The second-order valence-corrected chi connectivity index (χ2v) is 6.48. The number of nitrogens with zero attached hydrogens (tertiary/aromatic N) is 1. The van der Waals surface area contributed by atoms with Crippen molar-refractivity contribution >= 4 is 11.6 Å². The van der Waals surface area contributed by atoms with E-state index in [4.69, 9.17) is 5.73 Å². The lowest BCUT2D eigenvalue weighted by atomic mass is 9.95. The number of amides is 1. The third kappa shape index (κ3) is 3.42. The molecular weight excluding hydrogens is 317 g/mol. The fourth-order valence-electron chi connectivity index (χ4n) is 3.15. The highest BCUT2D eigenvalue weighted by Gasteiger charge is 2.46. The number of anilines is 1. The minimum absolute atomic E-state index is 0.174. The van der Waals surface area contributed by atoms with Gasteiger partial charge in [0, 0.05) is 24.5 Å². The molecule has 1 atom stereocenters. The van der Waals surface area contributed by atoms with Gasteiger partial charge in [-0.05, 0) is 48.7 Å². The maximum atomic E-state index is 13.5. The topological polar surface area (TPSA) is 58.4 Å². The fraction of sp³-hybridized carbons (Fsp3) is 0.250. The molecule has 1 aliphatic rings. The first-order chi connectivity index (χ1) is 11.9. The van der Waals surface area contributed by atoms with E-state index in [2.05, 4.69) is 11.9 Å². The van der Waals surface area contributed by atoms with Gasteiger partial charge in [-0.2, -0.15) is 0 Å². The van der Waals surface area contributed by atoms with E-state index in [1.54, 1.807) is 4.90 Å². The predicted octanol–water partition coefficient (Wildman–Crippen LogP) is 2.87. The zero-order chi connectivity index (χ0) is 18.0. The molecule has 5 heteroatoms. The summed E-state index contributed by atoms with van der Waals surface area (Å²) >= 11 is 0. The number of hydrogen-bond donors (Lipinski definition) is 2. The molecule has 1 aliphatic heterocycles. The number of rotatable bonds is 5. The second-order valence-electron chi connectivity index (χ2n) is 6.48. The van der Waals surface area contributed by atoms with Crippen LogP contribution >= 0.6 is 0 Å². The van der Waals surface area contributed by atoms with E-state index in [0.717, 1.165) is 16.8 Å². The van der Waals surface area contributed by atoms with E-state index in [1.165, 1.54) is 12.1 Å². The number of nitrogens with two attached hydrogens (primary N) is 1. The van der Waals surface area contributed by atoms with Gasteiger partial charge in [0.15, 0.2) is 0 Å². The summed E-state index contributed by atoms with van der Waals surface area (Å²) in [6, 6.07) is 14.3. The van der Waals surface area contributed by atoms with Crippen LogP contribution in [0.1, 0.15) is 17.5 Å². The van der Waals surface area contributed by atoms with E-state index in [-0.39, 0.29) is 11.7 Å². The van der Waals surface area contributed by atoms with Crippen LogP contribution in [-0.4, -0.2) is 18.0 Å². The summed E-state index contributed by atoms with van der Waals surface area (Å²) in [4.78, 5) is 14.5. The first-order valence-corrected chi connectivity index (χ1v) is 8.25. The zero-order valence-electron chi connectivity index (χ0n) is 14.3. The third-order valence-corrected chi connectivity index (χ3v) is 4.57. The van der Waals surface area contributed by atoms with Crippen LogP contribution in [0.4, 0.5) is 10.1 Å². The van der Waals surface area contributed by atoms with Gasteiger partial charge >= 0.3 is 0 Å². The summed E-state index contributed by atoms with van der Waals surface area (Å²) < 4.78 is 13.5. The standard InChI is InChI=1S/C20H22FN3O/c1-14-10-16(12-17(21)11-14)13-23-15(2)20(22)8-9-24(19(20)25)18-6-4-3-5-7-18/h3-7,10-12,23H,2,8-9,13,22H2,1H3. The molecule has 1 saturated heterocycles. The summed E-state index contributed by atoms with van der Waals surface area (Å²) in [5.74, 6) is -0.455. The van der Waals surface area contributed by atoms with Crippen LogP contribution in [0.15, 0.2) is 60.8 Å². The monoisotopic (exact) mass is 339 g/mol. The second kappa shape index (κ2) is 6.69. The summed E-state index contributed by atoms with van der Waals surface area (Å²) in [5.41, 5.74) is 8.13. The molecule has 3 rings (SSSR count). The molecule has 1 heterocycles. The van der Waals surface area contributed by atoms with Gasteiger partial charge in [0.1, 0.15) is 11.4 Å². The summed E-state index contributed by atoms with van der Waals surface area (Å²) in [7, 11) is 0. The van der Waals surface area contributed by atoms with Crippen molar-refractivity contribution in [2.45, 2.75) is 25.4 Å². The molecular formula is C20H22FN3O. The van der Waals surface area contributed by atoms with Crippen molar-refractivity contribution in [2.24, 2.45) is 5.73 Å².